The second-order valence-corrected chi connectivity index (χ2v) is 7.39. The summed E-state index contributed by atoms with van der Waals surface area (Å²) in [7, 11) is -1.52. The third kappa shape index (κ3) is 3.91. The summed E-state index contributed by atoms with van der Waals surface area (Å²) in [4.78, 5) is 0. The molecule has 1 aliphatic rings. The summed E-state index contributed by atoms with van der Waals surface area (Å²) >= 11 is 0. The van der Waals surface area contributed by atoms with E-state index in [0.717, 1.165) is 19.4 Å². The highest BCUT2D eigenvalue weighted by Gasteiger charge is 2.49. The minimum absolute atomic E-state index is 0.0152. The molecule has 2 N–H and O–H groups in total. The standard InChI is InChI=1S/C12H26N2O3S/c1-5-6-13-7-8-18(15,16)14-10-9-11(17-4)12(10,2)3/h10-11,13-14H,5-9H2,1-4H3. The summed E-state index contributed by atoms with van der Waals surface area (Å²) in [6.07, 6.45) is 1.91. The predicted octanol–water partition coefficient (Wildman–Crippen LogP) is 0.719. The fraction of sp³-hybridized carbons (Fsp3) is 1.00. The number of sulfonamides is 1. The maximum Gasteiger partial charge on any atom is 0.213 e. The molecular weight excluding hydrogens is 252 g/mol. The highest BCUT2D eigenvalue weighted by molar-refractivity contribution is 7.89. The van der Waals surface area contributed by atoms with Crippen LogP contribution in [0, 0.1) is 5.41 Å². The van der Waals surface area contributed by atoms with Crippen LogP contribution in [0.2, 0.25) is 0 Å². The van der Waals surface area contributed by atoms with Gasteiger partial charge >= 0.3 is 0 Å². The van der Waals surface area contributed by atoms with Gasteiger partial charge in [-0.15, -0.1) is 0 Å². The summed E-state index contributed by atoms with van der Waals surface area (Å²) in [6, 6.07) is -0.0152. The lowest BCUT2D eigenvalue weighted by atomic mass is 9.65. The van der Waals surface area contributed by atoms with Crippen LogP contribution in [0.15, 0.2) is 0 Å². The Morgan fingerprint density at radius 3 is 2.50 bits per heavy atom. The van der Waals surface area contributed by atoms with Crippen molar-refractivity contribution >= 4 is 10.0 Å². The van der Waals surface area contributed by atoms with Gasteiger partial charge in [-0.1, -0.05) is 20.8 Å². The molecule has 0 saturated heterocycles. The average Bonchev–Trinajstić information content (AvgIpc) is 2.29. The molecule has 108 valence electrons. The molecule has 6 heteroatoms. The van der Waals surface area contributed by atoms with Gasteiger partial charge in [0.2, 0.25) is 10.0 Å². The van der Waals surface area contributed by atoms with E-state index in [1.165, 1.54) is 0 Å². The van der Waals surface area contributed by atoms with E-state index >= 15 is 0 Å². The van der Waals surface area contributed by atoms with Crippen molar-refractivity contribution < 1.29 is 13.2 Å². The Kier molecular flexibility index (Phi) is 5.58. The number of rotatable bonds is 8. The van der Waals surface area contributed by atoms with Crippen molar-refractivity contribution in [2.24, 2.45) is 5.41 Å². The maximum atomic E-state index is 11.9. The van der Waals surface area contributed by atoms with E-state index in [1.54, 1.807) is 7.11 Å². The monoisotopic (exact) mass is 278 g/mol. The first-order valence-corrected chi connectivity index (χ1v) is 8.22. The molecular formula is C12H26N2O3S. The van der Waals surface area contributed by atoms with Gasteiger partial charge in [-0.05, 0) is 19.4 Å². The lowest BCUT2D eigenvalue weighted by Crippen LogP contribution is -2.62. The van der Waals surface area contributed by atoms with Crippen molar-refractivity contribution in [1.29, 1.82) is 0 Å². The Labute approximate surface area is 111 Å². The van der Waals surface area contributed by atoms with Crippen LogP contribution in [0.4, 0.5) is 0 Å². The third-order valence-electron chi connectivity index (χ3n) is 3.76. The van der Waals surface area contributed by atoms with Crippen LogP contribution in [0.1, 0.15) is 33.6 Å². The van der Waals surface area contributed by atoms with E-state index in [1.807, 2.05) is 13.8 Å². The lowest BCUT2D eigenvalue weighted by Gasteiger charge is -2.51. The van der Waals surface area contributed by atoms with Gasteiger partial charge in [-0.3, -0.25) is 0 Å². The molecule has 2 unspecified atom stereocenters. The Morgan fingerprint density at radius 2 is 2.00 bits per heavy atom. The third-order valence-corrected chi connectivity index (χ3v) is 5.14. The van der Waals surface area contributed by atoms with Crippen molar-refractivity contribution in [1.82, 2.24) is 10.0 Å². The molecule has 18 heavy (non-hydrogen) atoms. The average molecular weight is 278 g/mol. The summed E-state index contributed by atoms with van der Waals surface area (Å²) in [5, 5.41) is 3.10. The van der Waals surface area contributed by atoms with Gasteiger partial charge in [-0.25, -0.2) is 13.1 Å². The van der Waals surface area contributed by atoms with Crippen LogP contribution in [0.25, 0.3) is 0 Å². The summed E-state index contributed by atoms with van der Waals surface area (Å²) in [5.41, 5.74) is -0.126. The molecule has 0 radical (unpaired) electrons. The lowest BCUT2D eigenvalue weighted by molar-refractivity contribution is -0.0908. The smallest absolute Gasteiger partial charge is 0.213 e. The number of hydrogen-bond donors (Lipinski definition) is 2. The van der Waals surface area contributed by atoms with Gasteiger partial charge < -0.3 is 10.1 Å². The molecule has 1 saturated carbocycles. The Bertz CT molecular complexity index is 354. The van der Waals surface area contributed by atoms with Gasteiger partial charge in [0.25, 0.3) is 0 Å². The number of nitrogens with one attached hydrogen (secondary N) is 2. The van der Waals surface area contributed by atoms with Crippen LogP contribution in [-0.2, 0) is 14.8 Å². The molecule has 0 amide bonds. The molecule has 0 aliphatic heterocycles. The van der Waals surface area contributed by atoms with Crippen LogP contribution in [0.5, 0.6) is 0 Å². The van der Waals surface area contributed by atoms with E-state index in [0.29, 0.717) is 6.54 Å². The highest BCUT2D eigenvalue weighted by Crippen LogP contribution is 2.42. The van der Waals surface area contributed by atoms with Crippen LogP contribution < -0.4 is 10.0 Å². The minimum atomic E-state index is -3.19. The normalized spacial score (nSPS) is 26.9. The van der Waals surface area contributed by atoms with Crippen molar-refractivity contribution in [3.05, 3.63) is 0 Å². The molecule has 0 aromatic rings. The van der Waals surface area contributed by atoms with E-state index in [9.17, 15) is 8.42 Å². The second kappa shape index (κ2) is 6.32. The van der Waals surface area contributed by atoms with Gasteiger partial charge in [0.15, 0.2) is 0 Å². The quantitative estimate of drug-likeness (QED) is 0.642. The molecule has 0 aromatic carbocycles. The first-order chi connectivity index (χ1) is 8.33. The molecule has 1 fully saturated rings. The molecule has 0 heterocycles. The van der Waals surface area contributed by atoms with Crippen molar-refractivity contribution in [2.45, 2.75) is 45.8 Å². The summed E-state index contributed by atoms with van der Waals surface area (Å²) in [6.45, 7) is 7.49. The van der Waals surface area contributed by atoms with Gasteiger partial charge in [0.05, 0.1) is 11.9 Å². The largest absolute Gasteiger partial charge is 0.381 e. The fourth-order valence-electron chi connectivity index (χ4n) is 2.27. The fourth-order valence-corrected chi connectivity index (χ4v) is 3.63. The zero-order valence-corrected chi connectivity index (χ0v) is 12.6. The number of hydrogen-bond acceptors (Lipinski definition) is 4. The van der Waals surface area contributed by atoms with E-state index in [2.05, 4.69) is 17.0 Å². The first kappa shape index (κ1) is 15.9. The van der Waals surface area contributed by atoms with Gasteiger partial charge in [0, 0.05) is 25.1 Å². The summed E-state index contributed by atoms with van der Waals surface area (Å²) < 4.78 is 31.9. The number of methoxy groups -OCH3 is 1. The van der Waals surface area contributed by atoms with Gasteiger partial charge in [-0.2, -0.15) is 0 Å². The molecule has 1 aliphatic carbocycles. The molecule has 1 rings (SSSR count). The zero-order valence-electron chi connectivity index (χ0n) is 11.8. The first-order valence-electron chi connectivity index (χ1n) is 6.57. The van der Waals surface area contributed by atoms with E-state index in [-0.39, 0.29) is 23.3 Å². The van der Waals surface area contributed by atoms with Crippen molar-refractivity contribution in [2.75, 3.05) is 26.0 Å². The minimum Gasteiger partial charge on any atom is -0.381 e. The summed E-state index contributed by atoms with van der Waals surface area (Å²) in [5.74, 6) is 0.136. The van der Waals surface area contributed by atoms with Gasteiger partial charge in [0.1, 0.15) is 0 Å². The zero-order chi connectivity index (χ0) is 13.8. The SMILES string of the molecule is CCCNCCS(=O)(=O)NC1CC(OC)C1(C)C. The molecule has 0 aromatic heterocycles. The Balaban J connectivity index is 2.38. The topological polar surface area (TPSA) is 67.4 Å². The van der Waals surface area contributed by atoms with E-state index in [4.69, 9.17) is 4.74 Å². The van der Waals surface area contributed by atoms with Crippen LogP contribution >= 0.6 is 0 Å². The molecule has 0 bridgehead atoms. The molecule has 2 atom stereocenters. The Morgan fingerprint density at radius 1 is 1.33 bits per heavy atom. The highest BCUT2D eigenvalue weighted by atomic mass is 32.2. The van der Waals surface area contributed by atoms with Crippen LogP contribution in [0.3, 0.4) is 0 Å². The van der Waals surface area contributed by atoms with Crippen molar-refractivity contribution in [3.8, 4) is 0 Å². The van der Waals surface area contributed by atoms with Crippen LogP contribution in [-0.4, -0.2) is 46.5 Å². The van der Waals surface area contributed by atoms with E-state index < -0.39 is 10.0 Å². The second-order valence-electron chi connectivity index (χ2n) is 5.52. The molecule has 5 nitrogen and oxygen atoms in total. The Hall–Kier alpha value is -0.170. The number of ether oxygens (including phenoxy) is 1. The molecule has 0 spiro atoms. The predicted molar refractivity (Wildman–Crippen MR) is 73.1 cm³/mol. The maximum absolute atomic E-state index is 11.9. The van der Waals surface area contributed by atoms with Crippen molar-refractivity contribution in [3.63, 3.8) is 0 Å².